The van der Waals surface area contributed by atoms with E-state index in [4.69, 9.17) is 9.84 Å². The van der Waals surface area contributed by atoms with Crippen molar-refractivity contribution in [1.29, 1.82) is 0 Å². The van der Waals surface area contributed by atoms with Crippen LogP contribution in [0.1, 0.15) is 46.4 Å². The molecular formula is C18H19NO7. The maximum atomic E-state index is 12.3. The lowest BCUT2D eigenvalue weighted by atomic mass is 9.93. The number of phenolic OH excluding ortho intramolecular Hbond substituents is 1. The lowest BCUT2D eigenvalue weighted by Gasteiger charge is -2.16. The summed E-state index contributed by atoms with van der Waals surface area (Å²) in [6, 6.07) is 4.16. The van der Waals surface area contributed by atoms with Crippen LogP contribution < -0.4 is 5.32 Å². The summed E-state index contributed by atoms with van der Waals surface area (Å²) in [5, 5.41) is 20.8. The summed E-state index contributed by atoms with van der Waals surface area (Å²) in [5.41, 5.74) is -0.0398. The van der Waals surface area contributed by atoms with Gasteiger partial charge in [-0.3, -0.25) is 19.2 Å². The zero-order valence-electron chi connectivity index (χ0n) is 14.0. The first kappa shape index (κ1) is 19.2. The molecule has 0 radical (unpaired) electrons. The van der Waals surface area contributed by atoms with Crippen LogP contribution in [0, 0.1) is 0 Å². The normalized spacial score (nSPS) is 13.0. The number of carbonyl (C=O) groups is 4. The van der Waals surface area contributed by atoms with Crippen molar-refractivity contribution in [2.45, 2.75) is 25.7 Å². The summed E-state index contributed by atoms with van der Waals surface area (Å²) in [5.74, 6) is -2.96. The number of carboxylic acids is 1. The molecule has 8 nitrogen and oxygen atoms in total. The average molecular weight is 361 g/mol. The standard InChI is InChI=1S/C18H19NO7/c20-12-6-4-5-11-17(12)13(21)9-14(18(11)25)26-10-15(22)19-8-3-1-2-7-16(23)24/h4-6,9,20H,1-3,7-8,10H2,(H,19,22)(H,23,24). The van der Waals surface area contributed by atoms with E-state index in [0.29, 0.717) is 25.8 Å². The number of rotatable bonds is 9. The Hall–Kier alpha value is -3.16. The predicted molar refractivity (Wildman–Crippen MR) is 89.9 cm³/mol. The molecule has 138 valence electrons. The molecule has 0 spiro atoms. The first-order valence-corrected chi connectivity index (χ1v) is 8.14. The van der Waals surface area contributed by atoms with Gasteiger partial charge < -0.3 is 20.3 Å². The van der Waals surface area contributed by atoms with Gasteiger partial charge in [0, 0.05) is 24.6 Å². The van der Waals surface area contributed by atoms with E-state index >= 15 is 0 Å². The van der Waals surface area contributed by atoms with Gasteiger partial charge in [0.1, 0.15) is 5.75 Å². The number of amides is 1. The number of allylic oxidation sites excluding steroid dienone is 2. The Labute approximate surface area is 149 Å². The molecule has 0 aromatic heterocycles. The zero-order chi connectivity index (χ0) is 19.1. The highest BCUT2D eigenvalue weighted by Crippen LogP contribution is 2.28. The summed E-state index contributed by atoms with van der Waals surface area (Å²) in [6.45, 7) is -0.0570. The Morgan fingerprint density at radius 2 is 1.88 bits per heavy atom. The van der Waals surface area contributed by atoms with Crippen LogP contribution in [0.4, 0.5) is 0 Å². The molecule has 2 rings (SSSR count). The Morgan fingerprint density at radius 3 is 2.62 bits per heavy atom. The molecule has 1 amide bonds. The van der Waals surface area contributed by atoms with Crippen molar-refractivity contribution >= 4 is 23.4 Å². The summed E-state index contributed by atoms with van der Waals surface area (Å²) in [6.07, 6.45) is 2.90. The number of fused-ring (bicyclic) bond motifs is 1. The van der Waals surface area contributed by atoms with E-state index in [1.54, 1.807) is 0 Å². The van der Waals surface area contributed by atoms with E-state index in [1.807, 2.05) is 0 Å². The summed E-state index contributed by atoms with van der Waals surface area (Å²) in [4.78, 5) is 46.4. The van der Waals surface area contributed by atoms with Crippen molar-refractivity contribution in [2.24, 2.45) is 0 Å². The largest absolute Gasteiger partial charge is 0.507 e. The van der Waals surface area contributed by atoms with Gasteiger partial charge in [-0.2, -0.15) is 0 Å². The Balaban J connectivity index is 1.79. The lowest BCUT2D eigenvalue weighted by Crippen LogP contribution is -2.29. The van der Waals surface area contributed by atoms with Crippen LogP contribution in [-0.4, -0.2) is 46.8 Å². The highest BCUT2D eigenvalue weighted by Gasteiger charge is 2.29. The first-order valence-electron chi connectivity index (χ1n) is 8.14. The monoisotopic (exact) mass is 361 g/mol. The molecule has 0 heterocycles. The van der Waals surface area contributed by atoms with Gasteiger partial charge in [-0.15, -0.1) is 0 Å². The Morgan fingerprint density at radius 1 is 1.12 bits per heavy atom. The molecule has 1 aromatic rings. The molecule has 0 saturated heterocycles. The Kier molecular flexibility index (Phi) is 6.48. The van der Waals surface area contributed by atoms with Crippen molar-refractivity contribution in [3.05, 3.63) is 41.2 Å². The van der Waals surface area contributed by atoms with Gasteiger partial charge in [-0.05, 0) is 25.0 Å². The first-order chi connectivity index (χ1) is 12.4. The third-order valence-corrected chi connectivity index (χ3v) is 3.77. The molecule has 0 unspecified atom stereocenters. The molecule has 0 fully saturated rings. The summed E-state index contributed by atoms with van der Waals surface area (Å²) < 4.78 is 5.15. The number of nitrogens with one attached hydrogen (secondary N) is 1. The molecule has 1 aliphatic rings. The summed E-state index contributed by atoms with van der Waals surface area (Å²) >= 11 is 0. The minimum absolute atomic E-state index is 0.0336. The van der Waals surface area contributed by atoms with Crippen LogP contribution in [0.15, 0.2) is 30.0 Å². The van der Waals surface area contributed by atoms with E-state index in [2.05, 4.69) is 5.32 Å². The van der Waals surface area contributed by atoms with Crippen molar-refractivity contribution < 1.29 is 34.1 Å². The number of unbranched alkanes of at least 4 members (excludes halogenated alkanes) is 2. The number of hydrogen-bond acceptors (Lipinski definition) is 6. The number of aromatic hydroxyl groups is 1. The molecule has 26 heavy (non-hydrogen) atoms. The lowest BCUT2D eigenvalue weighted by molar-refractivity contribution is -0.137. The van der Waals surface area contributed by atoms with Gasteiger partial charge in [0.15, 0.2) is 18.1 Å². The topological polar surface area (TPSA) is 130 Å². The number of ketones is 2. The fourth-order valence-corrected chi connectivity index (χ4v) is 2.49. The molecular weight excluding hydrogens is 342 g/mol. The van der Waals surface area contributed by atoms with Crippen molar-refractivity contribution in [3.8, 4) is 5.75 Å². The number of ether oxygens (including phenoxy) is 1. The van der Waals surface area contributed by atoms with Gasteiger partial charge >= 0.3 is 5.97 Å². The molecule has 1 aliphatic carbocycles. The van der Waals surface area contributed by atoms with E-state index in [1.165, 1.54) is 18.2 Å². The number of carboxylic acid groups (broad SMARTS) is 1. The maximum absolute atomic E-state index is 12.3. The van der Waals surface area contributed by atoms with Crippen LogP contribution in [0.5, 0.6) is 5.75 Å². The fraction of sp³-hybridized carbons (Fsp3) is 0.333. The van der Waals surface area contributed by atoms with Gasteiger partial charge in [0.25, 0.3) is 5.91 Å². The van der Waals surface area contributed by atoms with Crippen LogP contribution in [0.2, 0.25) is 0 Å². The van der Waals surface area contributed by atoms with E-state index < -0.39 is 30.0 Å². The average Bonchev–Trinajstić information content (AvgIpc) is 2.59. The van der Waals surface area contributed by atoms with E-state index in [0.717, 1.165) is 6.08 Å². The van der Waals surface area contributed by atoms with Crippen molar-refractivity contribution in [1.82, 2.24) is 5.32 Å². The summed E-state index contributed by atoms with van der Waals surface area (Å²) in [7, 11) is 0. The molecule has 3 N–H and O–H groups in total. The van der Waals surface area contributed by atoms with Crippen LogP contribution >= 0.6 is 0 Å². The van der Waals surface area contributed by atoms with Gasteiger partial charge in [0.2, 0.25) is 5.78 Å². The Bertz CT molecular complexity index is 767. The zero-order valence-corrected chi connectivity index (χ0v) is 14.0. The predicted octanol–water partition coefficient (Wildman–Crippen LogP) is 1.43. The molecule has 0 bridgehead atoms. The second kappa shape index (κ2) is 8.80. The third kappa shape index (κ3) is 4.92. The van der Waals surface area contributed by atoms with Crippen molar-refractivity contribution in [2.75, 3.05) is 13.2 Å². The van der Waals surface area contributed by atoms with Gasteiger partial charge in [-0.1, -0.05) is 12.5 Å². The fourth-order valence-electron chi connectivity index (χ4n) is 2.49. The smallest absolute Gasteiger partial charge is 0.303 e. The van der Waals surface area contributed by atoms with Crippen LogP contribution in [0.3, 0.4) is 0 Å². The molecule has 0 saturated carbocycles. The molecule has 0 aliphatic heterocycles. The van der Waals surface area contributed by atoms with Crippen LogP contribution in [-0.2, 0) is 14.3 Å². The molecule has 1 aromatic carbocycles. The highest BCUT2D eigenvalue weighted by atomic mass is 16.5. The van der Waals surface area contributed by atoms with E-state index in [-0.39, 0.29) is 29.1 Å². The third-order valence-electron chi connectivity index (χ3n) is 3.77. The van der Waals surface area contributed by atoms with E-state index in [9.17, 15) is 24.3 Å². The minimum Gasteiger partial charge on any atom is -0.507 e. The second-order valence-corrected chi connectivity index (χ2v) is 5.74. The number of aliphatic carboxylic acids is 1. The second-order valence-electron chi connectivity index (χ2n) is 5.74. The minimum atomic E-state index is -0.850. The number of Topliss-reactive ketones (excluding diaryl/α,β-unsaturated/α-hetero) is 1. The number of carbonyl (C=O) groups excluding carboxylic acids is 3. The highest BCUT2D eigenvalue weighted by molar-refractivity contribution is 6.24. The van der Waals surface area contributed by atoms with Gasteiger partial charge in [0.05, 0.1) is 5.56 Å². The quantitative estimate of drug-likeness (QED) is 0.567. The van der Waals surface area contributed by atoms with Crippen molar-refractivity contribution in [3.63, 3.8) is 0 Å². The maximum Gasteiger partial charge on any atom is 0.303 e. The number of hydrogen-bond donors (Lipinski definition) is 3. The molecule has 8 heteroatoms. The SMILES string of the molecule is O=C(O)CCCCCNC(=O)COC1=CC(=O)c2c(O)cccc2C1=O. The molecule has 0 atom stereocenters. The van der Waals surface area contributed by atoms with Crippen LogP contribution in [0.25, 0.3) is 0 Å². The van der Waals surface area contributed by atoms with Gasteiger partial charge in [-0.25, -0.2) is 0 Å². The number of benzene rings is 1. The number of phenols is 1.